The first-order chi connectivity index (χ1) is 16.9. The van der Waals surface area contributed by atoms with Crippen molar-refractivity contribution >= 4 is 27.6 Å². The van der Waals surface area contributed by atoms with Gasteiger partial charge in [-0.2, -0.15) is 0 Å². The van der Waals surface area contributed by atoms with E-state index in [0.717, 1.165) is 45.6 Å². The van der Waals surface area contributed by atoms with Gasteiger partial charge in [-0.1, -0.05) is 91.0 Å². The highest BCUT2D eigenvalue weighted by molar-refractivity contribution is 5.96. The van der Waals surface area contributed by atoms with Gasteiger partial charge in [0.25, 0.3) is 0 Å². The van der Waals surface area contributed by atoms with Crippen molar-refractivity contribution in [2.45, 2.75) is 5.92 Å². The lowest BCUT2D eigenvalue weighted by atomic mass is 9.91. The van der Waals surface area contributed by atoms with E-state index in [-0.39, 0.29) is 5.92 Å². The van der Waals surface area contributed by atoms with Crippen LogP contribution in [0.15, 0.2) is 115 Å². The fourth-order valence-electron chi connectivity index (χ4n) is 4.59. The van der Waals surface area contributed by atoms with Crippen LogP contribution in [0, 0.1) is 0 Å². The number of nitrogens with zero attached hydrogens (tertiary/aromatic N) is 2. The zero-order valence-corrected chi connectivity index (χ0v) is 18.6. The van der Waals surface area contributed by atoms with Crippen LogP contribution >= 0.6 is 0 Å². The standard InChI is InChI=1S/C30H24N4/c1-3-11-21(12-4-1)25(22-13-5-2-6-14-22)19-32-29-24-16-8-10-18-28(24)33-30(34-29)26-20-31-27-17-9-7-15-23(26)27/h1-18,20,25,31H,19H2,(H,32,33,34). The van der Waals surface area contributed by atoms with Crippen LogP contribution in [0.1, 0.15) is 17.0 Å². The van der Waals surface area contributed by atoms with Crippen molar-refractivity contribution in [3.8, 4) is 11.4 Å². The first-order valence-corrected chi connectivity index (χ1v) is 11.5. The third-order valence-corrected chi connectivity index (χ3v) is 6.31. The van der Waals surface area contributed by atoms with E-state index in [9.17, 15) is 0 Å². The summed E-state index contributed by atoms with van der Waals surface area (Å²) in [4.78, 5) is 13.3. The number of H-pyrrole nitrogens is 1. The summed E-state index contributed by atoms with van der Waals surface area (Å²) in [6, 6.07) is 37.7. The SMILES string of the molecule is c1ccc(C(CNc2nc(-c3c[nH]c4ccccc34)nc3ccccc23)c2ccccc2)cc1. The summed E-state index contributed by atoms with van der Waals surface area (Å²) in [5.41, 5.74) is 5.56. The molecule has 2 N–H and O–H groups in total. The van der Waals surface area contributed by atoms with Crippen LogP contribution in [0.3, 0.4) is 0 Å². The molecule has 6 rings (SSSR count). The van der Waals surface area contributed by atoms with Gasteiger partial charge in [-0.05, 0) is 29.3 Å². The number of aromatic nitrogens is 3. The van der Waals surface area contributed by atoms with E-state index in [2.05, 4.69) is 89.2 Å². The predicted octanol–water partition coefficient (Wildman–Crippen LogP) is 7.02. The van der Waals surface area contributed by atoms with Crippen LogP contribution in [-0.2, 0) is 0 Å². The Balaban J connectivity index is 1.42. The summed E-state index contributed by atoms with van der Waals surface area (Å²) >= 11 is 0. The molecule has 4 aromatic carbocycles. The van der Waals surface area contributed by atoms with E-state index < -0.39 is 0 Å². The maximum Gasteiger partial charge on any atom is 0.164 e. The minimum Gasteiger partial charge on any atom is -0.368 e. The average molecular weight is 441 g/mol. The number of fused-ring (bicyclic) bond motifs is 2. The highest BCUT2D eigenvalue weighted by Crippen LogP contribution is 2.31. The molecule has 0 saturated heterocycles. The summed E-state index contributed by atoms with van der Waals surface area (Å²) in [6.45, 7) is 0.725. The van der Waals surface area contributed by atoms with Crippen molar-refractivity contribution in [3.63, 3.8) is 0 Å². The van der Waals surface area contributed by atoms with Gasteiger partial charge in [-0.15, -0.1) is 0 Å². The van der Waals surface area contributed by atoms with Crippen LogP contribution in [-0.4, -0.2) is 21.5 Å². The summed E-state index contributed by atoms with van der Waals surface area (Å²) in [5, 5.41) is 5.81. The van der Waals surface area contributed by atoms with E-state index in [1.54, 1.807) is 0 Å². The summed E-state index contributed by atoms with van der Waals surface area (Å²) in [5.74, 6) is 1.77. The molecule has 4 heteroatoms. The molecular formula is C30H24N4. The van der Waals surface area contributed by atoms with Crippen molar-refractivity contribution < 1.29 is 0 Å². The minimum absolute atomic E-state index is 0.202. The number of benzene rings is 4. The molecule has 0 bridgehead atoms. The van der Waals surface area contributed by atoms with Gasteiger partial charge in [0, 0.05) is 40.5 Å². The molecule has 0 amide bonds. The Morgan fingerprint density at radius 3 is 2.00 bits per heavy atom. The highest BCUT2D eigenvalue weighted by Gasteiger charge is 2.17. The van der Waals surface area contributed by atoms with E-state index in [1.807, 2.05) is 36.5 Å². The molecule has 0 aliphatic carbocycles. The van der Waals surface area contributed by atoms with Crippen LogP contribution in [0.4, 0.5) is 5.82 Å². The molecule has 2 heterocycles. The molecule has 2 aromatic heterocycles. The van der Waals surface area contributed by atoms with Crippen molar-refractivity contribution in [2.75, 3.05) is 11.9 Å². The quantitative estimate of drug-likeness (QED) is 0.292. The fraction of sp³-hybridized carbons (Fsp3) is 0.0667. The number of hydrogen-bond acceptors (Lipinski definition) is 3. The minimum atomic E-state index is 0.202. The highest BCUT2D eigenvalue weighted by atomic mass is 15.0. The normalized spacial score (nSPS) is 11.3. The zero-order chi connectivity index (χ0) is 22.7. The molecule has 0 unspecified atom stereocenters. The van der Waals surface area contributed by atoms with E-state index in [4.69, 9.17) is 9.97 Å². The molecule has 6 aromatic rings. The Morgan fingerprint density at radius 1 is 0.647 bits per heavy atom. The molecule has 0 aliphatic rings. The zero-order valence-electron chi connectivity index (χ0n) is 18.6. The Labute approximate surface area is 198 Å². The number of para-hydroxylation sites is 2. The number of rotatable bonds is 6. The lowest BCUT2D eigenvalue weighted by molar-refractivity contribution is 0.849. The van der Waals surface area contributed by atoms with Crippen molar-refractivity contribution in [1.82, 2.24) is 15.0 Å². The molecule has 0 atom stereocenters. The third-order valence-electron chi connectivity index (χ3n) is 6.31. The first-order valence-electron chi connectivity index (χ1n) is 11.5. The molecular weight excluding hydrogens is 416 g/mol. The maximum atomic E-state index is 5.01. The van der Waals surface area contributed by atoms with Crippen LogP contribution < -0.4 is 5.32 Å². The Bertz CT molecular complexity index is 1520. The van der Waals surface area contributed by atoms with Gasteiger partial charge >= 0.3 is 0 Å². The molecule has 0 spiro atoms. The third kappa shape index (κ3) is 3.80. The van der Waals surface area contributed by atoms with Gasteiger partial charge in [-0.25, -0.2) is 9.97 Å². The molecule has 0 aliphatic heterocycles. The Hall–Kier alpha value is -4.44. The Morgan fingerprint density at radius 2 is 1.26 bits per heavy atom. The molecule has 0 saturated carbocycles. The lowest BCUT2D eigenvalue weighted by Gasteiger charge is -2.20. The van der Waals surface area contributed by atoms with E-state index in [1.165, 1.54) is 11.1 Å². The van der Waals surface area contributed by atoms with Crippen molar-refractivity contribution in [2.24, 2.45) is 0 Å². The second-order valence-electron chi connectivity index (χ2n) is 8.42. The Kier molecular flexibility index (Phi) is 5.24. The second-order valence-corrected chi connectivity index (χ2v) is 8.42. The number of hydrogen-bond donors (Lipinski definition) is 2. The summed E-state index contributed by atoms with van der Waals surface area (Å²) in [7, 11) is 0. The average Bonchev–Trinajstić information content (AvgIpc) is 3.34. The van der Waals surface area contributed by atoms with Gasteiger partial charge < -0.3 is 10.3 Å². The number of anilines is 1. The summed E-state index contributed by atoms with van der Waals surface area (Å²) in [6.07, 6.45) is 2.00. The summed E-state index contributed by atoms with van der Waals surface area (Å²) < 4.78 is 0. The number of aromatic amines is 1. The fourth-order valence-corrected chi connectivity index (χ4v) is 4.59. The van der Waals surface area contributed by atoms with Crippen LogP contribution in [0.2, 0.25) is 0 Å². The molecule has 34 heavy (non-hydrogen) atoms. The van der Waals surface area contributed by atoms with Crippen LogP contribution in [0.25, 0.3) is 33.2 Å². The van der Waals surface area contributed by atoms with Crippen LogP contribution in [0.5, 0.6) is 0 Å². The van der Waals surface area contributed by atoms with Gasteiger partial charge in [0.05, 0.1) is 5.52 Å². The lowest BCUT2D eigenvalue weighted by Crippen LogP contribution is -2.15. The topological polar surface area (TPSA) is 53.6 Å². The molecule has 4 nitrogen and oxygen atoms in total. The molecule has 164 valence electrons. The maximum absolute atomic E-state index is 5.01. The predicted molar refractivity (Wildman–Crippen MR) is 140 cm³/mol. The monoisotopic (exact) mass is 440 g/mol. The largest absolute Gasteiger partial charge is 0.368 e. The van der Waals surface area contributed by atoms with E-state index >= 15 is 0 Å². The van der Waals surface area contributed by atoms with Gasteiger partial charge in [-0.3, -0.25) is 0 Å². The van der Waals surface area contributed by atoms with Gasteiger partial charge in [0.2, 0.25) is 0 Å². The van der Waals surface area contributed by atoms with Gasteiger partial charge in [0.1, 0.15) is 5.82 Å². The second kappa shape index (κ2) is 8.83. The molecule has 0 radical (unpaired) electrons. The van der Waals surface area contributed by atoms with Crippen molar-refractivity contribution in [1.29, 1.82) is 0 Å². The molecule has 0 fully saturated rings. The van der Waals surface area contributed by atoms with E-state index in [0.29, 0.717) is 0 Å². The smallest absolute Gasteiger partial charge is 0.164 e. The first kappa shape index (κ1) is 20.2. The van der Waals surface area contributed by atoms with Gasteiger partial charge in [0.15, 0.2) is 5.82 Å². The number of nitrogens with one attached hydrogen (secondary N) is 2. The van der Waals surface area contributed by atoms with Crippen molar-refractivity contribution in [3.05, 3.63) is 127 Å².